The second-order valence-electron chi connectivity index (χ2n) is 3.04. The molecule has 0 bridgehead atoms. The topological polar surface area (TPSA) is 121 Å². The van der Waals surface area contributed by atoms with Gasteiger partial charge in [-0.3, -0.25) is 9.59 Å². The van der Waals surface area contributed by atoms with Crippen LogP contribution in [0.1, 0.15) is 12.8 Å². The van der Waals surface area contributed by atoms with Gasteiger partial charge in [-0.25, -0.2) is 4.79 Å². The summed E-state index contributed by atoms with van der Waals surface area (Å²) in [5.74, 6) is -4.53. The molecule has 0 spiro atoms. The summed E-state index contributed by atoms with van der Waals surface area (Å²) in [6.07, 6.45) is -0.646. The molecule has 7 heteroatoms. The molecule has 0 aromatic heterocycles. The summed E-state index contributed by atoms with van der Waals surface area (Å²) in [7, 11) is 0. The van der Waals surface area contributed by atoms with Crippen LogP contribution in [0.15, 0.2) is 12.7 Å². The summed E-state index contributed by atoms with van der Waals surface area (Å²) < 4.78 is 4.78. The molecule has 0 aliphatic carbocycles. The summed E-state index contributed by atoms with van der Waals surface area (Å²) in [5, 5.41) is 26.0. The van der Waals surface area contributed by atoms with Crippen LogP contribution >= 0.6 is 0 Å². The van der Waals surface area contributed by atoms with Crippen LogP contribution in [-0.4, -0.2) is 45.4 Å². The van der Waals surface area contributed by atoms with Gasteiger partial charge in [-0.1, -0.05) is 6.08 Å². The van der Waals surface area contributed by atoms with E-state index in [0.29, 0.717) is 0 Å². The van der Waals surface area contributed by atoms with Crippen molar-refractivity contribution in [2.75, 3.05) is 6.61 Å². The van der Waals surface area contributed by atoms with Gasteiger partial charge in [0.25, 0.3) is 0 Å². The Morgan fingerprint density at radius 1 is 1.12 bits per heavy atom. The lowest BCUT2D eigenvalue weighted by molar-refractivity contribution is -0.176. The van der Waals surface area contributed by atoms with Gasteiger partial charge in [0.15, 0.2) is 5.60 Å². The first-order valence-electron chi connectivity index (χ1n) is 4.26. The molecule has 0 saturated carbocycles. The van der Waals surface area contributed by atoms with Crippen molar-refractivity contribution in [3.8, 4) is 0 Å². The molecular formula is C9H12O7. The molecule has 16 heavy (non-hydrogen) atoms. The van der Waals surface area contributed by atoms with Gasteiger partial charge in [-0.05, 0) is 0 Å². The molecule has 0 rings (SSSR count). The van der Waals surface area contributed by atoms with Gasteiger partial charge in [0.05, 0.1) is 19.4 Å². The average molecular weight is 232 g/mol. The lowest BCUT2D eigenvalue weighted by Gasteiger charge is -2.25. The minimum atomic E-state index is -2.26. The lowest BCUT2D eigenvalue weighted by Crippen LogP contribution is -2.45. The van der Waals surface area contributed by atoms with Crippen molar-refractivity contribution < 1.29 is 34.4 Å². The molecule has 0 aliphatic rings. The first-order valence-corrected chi connectivity index (χ1v) is 4.26. The van der Waals surface area contributed by atoms with E-state index >= 15 is 0 Å². The maximum absolute atomic E-state index is 10.9. The first kappa shape index (κ1) is 14.1. The van der Waals surface area contributed by atoms with Gasteiger partial charge in [-0.15, -0.1) is 6.58 Å². The van der Waals surface area contributed by atoms with Crippen LogP contribution in [0.4, 0.5) is 0 Å². The van der Waals surface area contributed by atoms with E-state index in [1.54, 1.807) is 0 Å². The fraction of sp³-hybridized carbons (Fsp3) is 0.444. The molecule has 90 valence electrons. The number of hydrogen-bond acceptors (Lipinski definition) is 4. The molecule has 0 aromatic carbocycles. The Labute approximate surface area is 90.9 Å². The fourth-order valence-electron chi connectivity index (χ4n) is 1.08. The summed E-state index contributed by atoms with van der Waals surface area (Å²) in [5.41, 5.74) is -2.26. The number of aliphatic carboxylic acids is 3. The predicted octanol–water partition coefficient (Wildman–Crippen LogP) is -0.0382. The number of hydrogen-bond donors (Lipinski definition) is 3. The molecule has 0 fully saturated rings. The van der Waals surface area contributed by atoms with E-state index < -0.39 is 36.4 Å². The normalized spacial score (nSPS) is 10.8. The molecule has 0 atom stereocenters. The standard InChI is InChI=1S/C9H12O7/c1-2-3-16-9(8(14)15,4-6(10)11)5-7(12)13/h2H,1,3-5H2,(H,10,11)(H,12,13)(H,14,15). The fourth-order valence-corrected chi connectivity index (χ4v) is 1.08. The van der Waals surface area contributed by atoms with Crippen LogP contribution in [0, 0.1) is 0 Å². The summed E-state index contributed by atoms with van der Waals surface area (Å²) in [6.45, 7) is 3.03. The zero-order valence-corrected chi connectivity index (χ0v) is 8.38. The highest BCUT2D eigenvalue weighted by Crippen LogP contribution is 2.22. The summed E-state index contributed by atoms with van der Waals surface area (Å²) >= 11 is 0. The van der Waals surface area contributed by atoms with E-state index in [0.717, 1.165) is 0 Å². The molecule has 0 saturated heterocycles. The van der Waals surface area contributed by atoms with E-state index in [2.05, 4.69) is 6.58 Å². The molecule has 0 aliphatic heterocycles. The van der Waals surface area contributed by atoms with Crippen molar-refractivity contribution >= 4 is 17.9 Å². The molecular weight excluding hydrogens is 220 g/mol. The number of ether oxygens (including phenoxy) is 1. The molecule has 0 unspecified atom stereocenters. The van der Waals surface area contributed by atoms with E-state index in [1.807, 2.05) is 0 Å². The summed E-state index contributed by atoms with van der Waals surface area (Å²) in [6, 6.07) is 0. The van der Waals surface area contributed by atoms with Gasteiger partial charge < -0.3 is 20.1 Å². The Hall–Kier alpha value is -1.89. The smallest absolute Gasteiger partial charge is 0.337 e. The molecule has 7 nitrogen and oxygen atoms in total. The first-order chi connectivity index (χ1) is 7.34. The molecule has 3 N–H and O–H groups in total. The van der Waals surface area contributed by atoms with Gasteiger partial charge in [-0.2, -0.15) is 0 Å². The average Bonchev–Trinajstić information content (AvgIpc) is 2.11. The van der Waals surface area contributed by atoms with Crippen molar-refractivity contribution in [2.24, 2.45) is 0 Å². The van der Waals surface area contributed by atoms with Crippen molar-refractivity contribution in [1.29, 1.82) is 0 Å². The largest absolute Gasteiger partial charge is 0.481 e. The minimum absolute atomic E-state index is 0.243. The van der Waals surface area contributed by atoms with Gasteiger partial charge >= 0.3 is 17.9 Å². The Balaban J connectivity index is 5.02. The third kappa shape index (κ3) is 4.09. The van der Waals surface area contributed by atoms with Crippen LogP contribution in [0.25, 0.3) is 0 Å². The molecule has 0 radical (unpaired) electrons. The van der Waals surface area contributed by atoms with E-state index in [4.69, 9.17) is 20.1 Å². The summed E-state index contributed by atoms with van der Waals surface area (Å²) in [4.78, 5) is 31.9. The highest BCUT2D eigenvalue weighted by Gasteiger charge is 2.44. The van der Waals surface area contributed by atoms with Crippen LogP contribution in [0.5, 0.6) is 0 Å². The van der Waals surface area contributed by atoms with Crippen LogP contribution in [0.3, 0.4) is 0 Å². The number of rotatable bonds is 8. The van der Waals surface area contributed by atoms with Crippen LogP contribution < -0.4 is 0 Å². The van der Waals surface area contributed by atoms with E-state index in [9.17, 15) is 14.4 Å². The van der Waals surface area contributed by atoms with Crippen molar-refractivity contribution in [2.45, 2.75) is 18.4 Å². The van der Waals surface area contributed by atoms with Crippen LogP contribution in [0.2, 0.25) is 0 Å². The molecule has 0 aromatic rings. The van der Waals surface area contributed by atoms with Crippen LogP contribution in [-0.2, 0) is 19.1 Å². The zero-order valence-electron chi connectivity index (χ0n) is 8.38. The lowest BCUT2D eigenvalue weighted by atomic mass is 9.95. The van der Waals surface area contributed by atoms with Gasteiger partial charge in [0.1, 0.15) is 0 Å². The highest BCUT2D eigenvalue weighted by atomic mass is 16.5. The van der Waals surface area contributed by atoms with Crippen molar-refractivity contribution in [3.05, 3.63) is 12.7 Å². The Morgan fingerprint density at radius 2 is 1.56 bits per heavy atom. The second kappa shape index (κ2) is 5.86. The quantitative estimate of drug-likeness (QED) is 0.502. The zero-order chi connectivity index (χ0) is 12.8. The van der Waals surface area contributed by atoms with E-state index in [-0.39, 0.29) is 6.61 Å². The third-order valence-electron chi connectivity index (χ3n) is 1.74. The van der Waals surface area contributed by atoms with Gasteiger partial charge in [0, 0.05) is 0 Å². The van der Waals surface area contributed by atoms with Gasteiger partial charge in [0.2, 0.25) is 0 Å². The van der Waals surface area contributed by atoms with Crippen molar-refractivity contribution in [1.82, 2.24) is 0 Å². The third-order valence-corrected chi connectivity index (χ3v) is 1.74. The number of carboxylic acid groups (broad SMARTS) is 3. The molecule has 0 heterocycles. The molecule has 0 amide bonds. The maximum Gasteiger partial charge on any atom is 0.337 e. The monoisotopic (exact) mass is 232 g/mol. The predicted molar refractivity (Wildman–Crippen MR) is 51.0 cm³/mol. The number of carboxylic acids is 3. The Morgan fingerprint density at radius 3 is 1.81 bits per heavy atom. The second-order valence-corrected chi connectivity index (χ2v) is 3.04. The highest BCUT2D eigenvalue weighted by molar-refractivity contribution is 5.88. The Bertz CT molecular complexity index is 291. The SMILES string of the molecule is C=CCOC(CC(=O)O)(CC(=O)O)C(=O)O. The maximum atomic E-state index is 10.9. The number of carbonyl (C=O) groups is 3. The Kier molecular flexibility index (Phi) is 5.17. The minimum Gasteiger partial charge on any atom is -0.481 e. The van der Waals surface area contributed by atoms with Crippen molar-refractivity contribution in [3.63, 3.8) is 0 Å². The van der Waals surface area contributed by atoms with E-state index in [1.165, 1.54) is 6.08 Å².